The number of azo groups is 1. The van der Waals surface area contributed by atoms with Gasteiger partial charge in [0.2, 0.25) is 0 Å². The fourth-order valence-electron chi connectivity index (χ4n) is 2.24. The highest BCUT2D eigenvalue weighted by atomic mass is 32.2. The van der Waals surface area contributed by atoms with Gasteiger partial charge in [0.05, 0.1) is 43.3 Å². The molecule has 0 aliphatic rings. The first kappa shape index (κ1) is 22.3. The van der Waals surface area contributed by atoms with E-state index in [1.54, 1.807) is 13.2 Å². The second-order valence-corrected chi connectivity index (χ2v) is 6.38. The lowest BCUT2D eigenvalue weighted by molar-refractivity contribution is -0.129. The molecule has 0 saturated carbocycles. The molecule has 0 N–H and O–H groups in total. The van der Waals surface area contributed by atoms with Crippen molar-refractivity contribution < 1.29 is 18.7 Å². The molecular formula is C20H24N4O4S. The Morgan fingerprint density at radius 3 is 2.48 bits per heavy atom. The van der Waals surface area contributed by atoms with E-state index in [0.717, 1.165) is 29.2 Å². The van der Waals surface area contributed by atoms with Gasteiger partial charge in [0.15, 0.2) is 6.40 Å². The Morgan fingerprint density at radius 1 is 1.10 bits per heavy atom. The van der Waals surface area contributed by atoms with E-state index in [0.29, 0.717) is 22.8 Å². The SMILES string of the molecule is C=COOSc1ccc(N=Nc2cc(OC)c(N(C)CC)cc2N=COC)cc1. The lowest BCUT2D eigenvalue weighted by atomic mass is 10.2. The lowest BCUT2D eigenvalue weighted by Crippen LogP contribution is -2.16. The third-order valence-electron chi connectivity index (χ3n) is 3.81. The first-order valence-corrected chi connectivity index (χ1v) is 9.48. The Labute approximate surface area is 175 Å². The molecule has 0 bridgehead atoms. The summed E-state index contributed by atoms with van der Waals surface area (Å²) in [6.07, 6.45) is 2.56. The largest absolute Gasteiger partial charge is 0.494 e. The summed E-state index contributed by atoms with van der Waals surface area (Å²) in [5.74, 6) is 0.686. The molecule has 0 fully saturated rings. The third-order valence-corrected chi connectivity index (χ3v) is 4.42. The van der Waals surface area contributed by atoms with E-state index in [1.165, 1.54) is 19.8 Å². The highest BCUT2D eigenvalue weighted by Crippen LogP contribution is 2.40. The van der Waals surface area contributed by atoms with Crippen molar-refractivity contribution in [3.8, 4) is 5.75 Å². The highest BCUT2D eigenvalue weighted by molar-refractivity contribution is 7.94. The Morgan fingerprint density at radius 2 is 1.86 bits per heavy atom. The minimum Gasteiger partial charge on any atom is -0.494 e. The summed E-state index contributed by atoms with van der Waals surface area (Å²) in [7, 11) is 5.14. The van der Waals surface area contributed by atoms with Crippen molar-refractivity contribution in [2.75, 3.05) is 32.7 Å². The molecule has 0 spiro atoms. The number of ether oxygens (including phenoxy) is 2. The van der Waals surface area contributed by atoms with Crippen molar-refractivity contribution in [1.82, 2.24) is 0 Å². The molecule has 0 atom stereocenters. The maximum atomic E-state index is 5.52. The number of nitrogens with zero attached hydrogens (tertiary/aromatic N) is 4. The maximum absolute atomic E-state index is 5.52. The highest BCUT2D eigenvalue weighted by Gasteiger charge is 2.13. The average Bonchev–Trinajstić information content (AvgIpc) is 2.76. The van der Waals surface area contributed by atoms with Gasteiger partial charge in [-0.05, 0) is 37.3 Å². The zero-order chi connectivity index (χ0) is 21.1. The van der Waals surface area contributed by atoms with Gasteiger partial charge in [0, 0.05) is 24.6 Å². The summed E-state index contributed by atoms with van der Waals surface area (Å²) in [5, 5.41) is 8.65. The molecule has 2 rings (SSSR count). The Hall–Kier alpha value is -3.04. The van der Waals surface area contributed by atoms with Crippen molar-refractivity contribution in [3.63, 3.8) is 0 Å². The minimum absolute atomic E-state index is 0.560. The smallest absolute Gasteiger partial charge is 0.174 e. The summed E-state index contributed by atoms with van der Waals surface area (Å²) in [4.78, 5) is 11.8. The molecular weight excluding hydrogens is 392 g/mol. The lowest BCUT2D eigenvalue weighted by Gasteiger charge is -2.20. The first-order valence-electron chi connectivity index (χ1n) is 8.74. The molecule has 0 aliphatic carbocycles. The van der Waals surface area contributed by atoms with E-state index >= 15 is 0 Å². The zero-order valence-electron chi connectivity index (χ0n) is 16.9. The summed E-state index contributed by atoms with van der Waals surface area (Å²) >= 11 is 1.07. The Kier molecular flexibility index (Phi) is 9.00. The second kappa shape index (κ2) is 11.7. The number of benzene rings is 2. The topological polar surface area (TPSA) is 77.2 Å². The Bertz CT molecular complexity index is 856. The number of hydrogen-bond acceptors (Lipinski definition) is 9. The van der Waals surface area contributed by atoms with Crippen LogP contribution in [0, 0.1) is 0 Å². The quantitative estimate of drug-likeness (QED) is 0.0656. The Balaban J connectivity index is 2.29. The molecule has 0 radical (unpaired) electrons. The van der Waals surface area contributed by atoms with E-state index in [2.05, 4.69) is 38.5 Å². The second-order valence-electron chi connectivity index (χ2n) is 5.61. The average molecular weight is 417 g/mol. The summed E-state index contributed by atoms with van der Waals surface area (Å²) < 4.78 is 15.3. The maximum Gasteiger partial charge on any atom is 0.174 e. The van der Waals surface area contributed by atoms with Gasteiger partial charge >= 0.3 is 0 Å². The molecule has 0 amide bonds. The van der Waals surface area contributed by atoms with Gasteiger partial charge in [-0.1, -0.05) is 6.58 Å². The number of anilines is 1. The van der Waals surface area contributed by atoms with E-state index in [1.807, 2.05) is 37.4 Å². The molecule has 0 saturated heterocycles. The zero-order valence-corrected chi connectivity index (χ0v) is 17.7. The van der Waals surface area contributed by atoms with Gasteiger partial charge in [-0.2, -0.15) is 5.11 Å². The molecule has 0 aromatic heterocycles. The van der Waals surface area contributed by atoms with Gasteiger partial charge in [-0.25, -0.2) is 4.99 Å². The molecule has 154 valence electrons. The van der Waals surface area contributed by atoms with Gasteiger partial charge < -0.3 is 19.3 Å². The van der Waals surface area contributed by atoms with Gasteiger partial charge in [0.25, 0.3) is 0 Å². The van der Waals surface area contributed by atoms with Crippen LogP contribution < -0.4 is 9.64 Å². The van der Waals surface area contributed by atoms with Gasteiger partial charge in [-0.3, -0.25) is 0 Å². The summed E-state index contributed by atoms with van der Waals surface area (Å²) in [5.41, 5.74) is 2.76. The van der Waals surface area contributed by atoms with Gasteiger partial charge in [-0.15, -0.1) is 9.45 Å². The predicted molar refractivity (Wildman–Crippen MR) is 116 cm³/mol. The standard InChI is InChI=1S/C20H24N4O4S/c1-6-24(3)19-12-17(21-14-25-4)18(13-20(19)26-5)23-22-15-8-10-16(11-9-15)29-28-27-7-2/h7-14H,2,6H2,1,3-5H3. The molecule has 2 aromatic rings. The molecule has 9 heteroatoms. The van der Waals surface area contributed by atoms with Crippen LogP contribution in [0.3, 0.4) is 0 Å². The van der Waals surface area contributed by atoms with Crippen LogP contribution in [-0.2, 0) is 14.0 Å². The fraction of sp³-hybridized carbons (Fsp3) is 0.250. The molecule has 0 aliphatic heterocycles. The number of methoxy groups -OCH3 is 2. The number of rotatable bonds is 11. The van der Waals surface area contributed by atoms with E-state index in [9.17, 15) is 0 Å². The normalized spacial score (nSPS) is 11.0. The molecule has 0 heterocycles. The van der Waals surface area contributed by atoms with Crippen LogP contribution >= 0.6 is 12.0 Å². The predicted octanol–water partition coefficient (Wildman–Crippen LogP) is 5.97. The first-order chi connectivity index (χ1) is 14.1. The van der Waals surface area contributed by atoms with Crippen molar-refractivity contribution in [3.05, 3.63) is 49.2 Å². The summed E-state index contributed by atoms with van der Waals surface area (Å²) in [6.45, 7) is 6.27. The molecule has 0 unspecified atom stereocenters. The van der Waals surface area contributed by atoms with Gasteiger partial charge in [0.1, 0.15) is 17.7 Å². The molecule has 2 aromatic carbocycles. The monoisotopic (exact) mass is 416 g/mol. The molecule has 8 nitrogen and oxygen atoms in total. The van der Waals surface area contributed by atoms with Crippen molar-refractivity contribution in [2.24, 2.45) is 15.2 Å². The van der Waals surface area contributed by atoms with Crippen molar-refractivity contribution >= 4 is 41.2 Å². The van der Waals surface area contributed by atoms with E-state index in [4.69, 9.17) is 13.8 Å². The van der Waals surface area contributed by atoms with Crippen LogP contribution in [0.5, 0.6) is 5.75 Å². The third kappa shape index (κ3) is 6.51. The minimum atomic E-state index is 0.560. The van der Waals surface area contributed by atoms with Crippen LogP contribution in [0.25, 0.3) is 0 Å². The van der Waals surface area contributed by atoms with Crippen LogP contribution in [0.15, 0.2) is 69.4 Å². The summed E-state index contributed by atoms with van der Waals surface area (Å²) in [6, 6.07) is 11.0. The van der Waals surface area contributed by atoms with Crippen molar-refractivity contribution in [2.45, 2.75) is 11.8 Å². The van der Waals surface area contributed by atoms with Crippen molar-refractivity contribution in [1.29, 1.82) is 0 Å². The van der Waals surface area contributed by atoms with Crippen LogP contribution in [0.2, 0.25) is 0 Å². The van der Waals surface area contributed by atoms with E-state index in [-0.39, 0.29) is 0 Å². The van der Waals surface area contributed by atoms with Crippen LogP contribution in [0.4, 0.5) is 22.7 Å². The van der Waals surface area contributed by atoms with Crippen LogP contribution in [0.1, 0.15) is 6.92 Å². The fourth-order valence-corrected chi connectivity index (χ4v) is 2.66. The number of hydrogen-bond donors (Lipinski definition) is 0. The van der Waals surface area contributed by atoms with E-state index < -0.39 is 0 Å². The molecule has 29 heavy (non-hydrogen) atoms. The van der Waals surface area contributed by atoms with Crippen LogP contribution in [-0.4, -0.2) is 34.2 Å². The number of aliphatic imine (C=N–C) groups is 1.